The maximum Gasteiger partial charge on any atom is 0.487 e. The van der Waals surface area contributed by atoms with E-state index in [4.69, 9.17) is 11.6 Å². The summed E-state index contributed by atoms with van der Waals surface area (Å²) in [6.07, 6.45) is 1.21. The molecule has 4 rings (SSSR count). The Balaban J connectivity index is 1.62. The van der Waals surface area contributed by atoms with Crippen molar-refractivity contribution in [1.29, 1.82) is 0 Å². The lowest BCUT2D eigenvalue weighted by Crippen LogP contribution is -2.23. The van der Waals surface area contributed by atoms with Gasteiger partial charge in [0.15, 0.2) is 0 Å². The van der Waals surface area contributed by atoms with Gasteiger partial charge in [-0.3, -0.25) is 4.79 Å². The third kappa shape index (κ3) is 5.72. The van der Waals surface area contributed by atoms with E-state index in [9.17, 15) is 27.5 Å². The molecule has 1 aromatic carbocycles. The van der Waals surface area contributed by atoms with Crippen molar-refractivity contribution in [2.75, 3.05) is 23.3 Å². The fourth-order valence-corrected chi connectivity index (χ4v) is 3.63. The van der Waals surface area contributed by atoms with Crippen molar-refractivity contribution >= 4 is 29.0 Å². The predicted molar refractivity (Wildman–Crippen MR) is 116 cm³/mol. The van der Waals surface area contributed by atoms with Gasteiger partial charge in [0.25, 0.3) is 5.91 Å². The van der Waals surface area contributed by atoms with Gasteiger partial charge in [0.2, 0.25) is 11.9 Å². The molecule has 1 saturated heterocycles. The molecule has 0 spiro atoms. The van der Waals surface area contributed by atoms with Crippen molar-refractivity contribution in [3.63, 3.8) is 0 Å². The van der Waals surface area contributed by atoms with E-state index in [0.717, 1.165) is 12.1 Å². The highest BCUT2D eigenvalue weighted by molar-refractivity contribution is 6.20. The zero-order valence-electron chi connectivity index (χ0n) is 17.3. The Morgan fingerprint density at radius 3 is 2.44 bits per heavy atom. The Labute approximate surface area is 196 Å². The molecule has 3 heterocycles. The second-order valence-corrected chi connectivity index (χ2v) is 7.95. The summed E-state index contributed by atoms with van der Waals surface area (Å²) in [5.41, 5.74) is -3.14. The monoisotopic (exact) mass is 496 g/mol. The molecule has 1 aliphatic rings. The highest BCUT2D eigenvalue weighted by atomic mass is 35.5. The lowest BCUT2D eigenvalue weighted by Gasteiger charge is -2.21. The lowest BCUT2D eigenvalue weighted by atomic mass is 10.0. The predicted octanol–water partition coefficient (Wildman–Crippen LogP) is 4.41. The van der Waals surface area contributed by atoms with Crippen LogP contribution in [-0.4, -0.2) is 45.7 Å². The van der Waals surface area contributed by atoms with Crippen LogP contribution in [0.25, 0.3) is 11.1 Å². The van der Waals surface area contributed by atoms with Crippen molar-refractivity contribution in [2.45, 2.75) is 18.1 Å². The van der Waals surface area contributed by atoms with Crippen LogP contribution in [0.2, 0.25) is 0 Å². The van der Waals surface area contributed by atoms with Crippen molar-refractivity contribution in [3.05, 3.63) is 66.1 Å². The SMILES string of the molecule is O=C(Nc1ccc(OC(F)(F)Cl)cc1)c1cnc(N2CCC(O)C2)c(-c2cc(F)nc(F)c2)c1. The maximum atomic E-state index is 13.8. The number of aliphatic hydroxyl groups is 1. The molecular weight excluding hydrogens is 480 g/mol. The third-order valence-electron chi connectivity index (χ3n) is 5.01. The molecule has 178 valence electrons. The molecule has 1 aliphatic heterocycles. The highest BCUT2D eigenvalue weighted by Crippen LogP contribution is 2.33. The summed E-state index contributed by atoms with van der Waals surface area (Å²) in [6.45, 7) is 0.746. The van der Waals surface area contributed by atoms with Crippen LogP contribution in [0.3, 0.4) is 0 Å². The number of aliphatic hydroxyl groups excluding tert-OH is 1. The van der Waals surface area contributed by atoms with Gasteiger partial charge in [0, 0.05) is 54.3 Å². The van der Waals surface area contributed by atoms with E-state index in [1.54, 1.807) is 4.90 Å². The van der Waals surface area contributed by atoms with Crippen LogP contribution >= 0.6 is 11.6 Å². The summed E-state index contributed by atoms with van der Waals surface area (Å²) in [5.74, 6) is -2.54. The summed E-state index contributed by atoms with van der Waals surface area (Å²) >= 11 is 4.72. The zero-order chi connectivity index (χ0) is 24.5. The number of halogens is 5. The molecule has 2 N–H and O–H groups in total. The van der Waals surface area contributed by atoms with E-state index in [1.165, 1.54) is 36.5 Å². The second-order valence-electron chi connectivity index (χ2n) is 7.51. The number of amides is 1. The zero-order valence-corrected chi connectivity index (χ0v) is 18.1. The number of benzene rings is 1. The Kier molecular flexibility index (Phi) is 6.58. The number of carbonyl (C=O) groups is 1. The number of β-amino-alcohol motifs (C(OH)–C–C–N with tert-alkyl or cyclic N) is 1. The van der Waals surface area contributed by atoms with E-state index in [-0.39, 0.29) is 34.7 Å². The molecular formula is C22H17ClF4N4O3. The van der Waals surface area contributed by atoms with Crippen LogP contribution in [0.4, 0.5) is 29.1 Å². The van der Waals surface area contributed by atoms with E-state index in [1.807, 2.05) is 0 Å². The van der Waals surface area contributed by atoms with Gasteiger partial charge in [-0.25, -0.2) is 4.98 Å². The van der Waals surface area contributed by atoms with Crippen molar-refractivity contribution in [2.24, 2.45) is 0 Å². The first-order valence-electron chi connectivity index (χ1n) is 10.0. The molecule has 1 amide bonds. The Morgan fingerprint density at radius 2 is 1.85 bits per heavy atom. The molecule has 1 fully saturated rings. The minimum absolute atomic E-state index is 0.0729. The Morgan fingerprint density at radius 1 is 1.18 bits per heavy atom. The summed E-state index contributed by atoms with van der Waals surface area (Å²) < 4.78 is 57.3. The Bertz CT molecular complexity index is 1190. The van der Waals surface area contributed by atoms with Crippen molar-refractivity contribution in [1.82, 2.24) is 9.97 Å². The number of nitrogens with zero attached hydrogens (tertiary/aromatic N) is 3. The minimum atomic E-state index is -3.87. The van der Waals surface area contributed by atoms with Gasteiger partial charge < -0.3 is 20.1 Å². The number of aromatic nitrogens is 2. The summed E-state index contributed by atoms with van der Waals surface area (Å²) in [6, 6.07) is 8.50. The molecule has 12 heteroatoms. The van der Waals surface area contributed by atoms with Gasteiger partial charge in [-0.15, -0.1) is 8.78 Å². The maximum absolute atomic E-state index is 13.8. The van der Waals surface area contributed by atoms with Crippen molar-refractivity contribution in [3.8, 4) is 16.9 Å². The smallest absolute Gasteiger partial charge is 0.420 e. The van der Waals surface area contributed by atoms with Gasteiger partial charge in [0.05, 0.1) is 11.7 Å². The van der Waals surface area contributed by atoms with Gasteiger partial charge >= 0.3 is 5.57 Å². The molecule has 7 nitrogen and oxygen atoms in total. The normalized spacial score (nSPS) is 15.9. The Hall–Kier alpha value is -3.44. The topological polar surface area (TPSA) is 87.6 Å². The quantitative estimate of drug-likeness (QED) is 0.298. The fraction of sp³-hybridized carbons (Fsp3) is 0.227. The molecule has 0 saturated carbocycles. The average molecular weight is 497 g/mol. The second kappa shape index (κ2) is 9.43. The van der Waals surface area contributed by atoms with Gasteiger partial charge in [-0.1, -0.05) is 0 Å². The molecule has 0 radical (unpaired) electrons. The molecule has 1 atom stereocenters. The van der Waals surface area contributed by atoms with Crippen molar-refractivity contribution < 1.29 is 32.2 Å². The van der Waals surface area contributed by atoms with E-state index in [0.29, 0.717) is 18.8 Å². The van der Waals surface area contributed by atoms with Crippen LogP contribution < -0.4 is 15.0 Å². The van der Waals surface area contributed by atoms with E-state index < -0.39 is 29.5 Å². The van der Waals surface area contributed by atoms with Gasteiger partial charge in [0.1, 0.15) is 11.6 Å². The largest absolute Gasteiger partial charge is 0.487 e. The standard InChI is InChI=1S/C22H17ClF4N4O3/c23-22(26,27)34-16-3-1-14(2-4-16)29-21(33)13-7-17(12-8-18(24)30-19(25)9-12)20(28-10-13)31-6-5-15(32)11-31/h1-4,7-10,15,32H,5-6,11H2,(H,29,33). The number of hydrogen-bond acceptors (Lipinski definition) is 6. The number of rotatable bonds is 6. The molecule has 3 aromatic rings. The number of hydrogen-bond donors (Lipinski definition) is 2. The van der Waals surface area contributed by atoms with Crippen LogP contribution in [-0.2, 0) is 0 Å². The van der Waals surface area contributed by atoms with Gasteiger partial charge in [-0.2, -0.15) is 13.8 Å². The van der Waals surface area contributed by atoms with E-state index >= 15 is 0 Å². The number of anilines is 2. The summed E-state index contributed by atoms with van der Waals surface area (Å²) in [4.78, 5) is 22.0. The number of alkyl halides is 3. The third-order valence-corrected chi connectivity index (χ3v) is 5.09. The van der Waals surface area contributed by atoms with Crippen LogP contribution in [0.5, 0.6) is 5.75 Å². The fourth-order valence-electron chi connectivity index (χ4n) is 3.54. The van der Waals surface area contributed by atoms with Crippen LogP contribution in [0.1, 0.15) is 16.8 Å². The molecule has 0 bridgehead atoms. The molecule has 2 aromatic heterocycles. The number of ether oxygens (including phenoxy) is 1. The van der Waals surface area contributed by atoms with Gasteiger partial charge in [-0.05, 0) is 42.3 Å². The number of pyridine rings is 2. The first-order valence-corrected chi connectivity index (χ1v) is 10.4. The molecule has 0 aliphatic carbocycles. The number of carbonyl (C=O) groups excluding carboxylic acids is 1. The minimum Gasteiger partial charge on any atom is -0.420 e. The molecule has 1 unspecified atom stereocenters. The van der Waals surface area contributed by atoms with Crippen LogP contribution in [0, 0.1) is 11.9 Å². The number of nitrogens with one attached hydrogen (secondary N) is 1. The molecule has 34 heavy (non-hydrogen) atoms. The lowest BCUT2D eigenvalue weighted by molar-refractivity contribution is -0.0964. The first kappa shape index (κ1) is 23.7. The summed E-state index contributed by atoms with van der Waals surface area (Å²) in [7, 11) is 0. The van der Waals surface area contributed by atoms with E-state index in [2.05, 4.69) is 20.0 Å². The average Bonchev–Trinajstić information content (AvgIpc) is 3.19. The highest BCUT2D eigenvalue weighted by Gasteiger charge is 2.28. The summed E-state index contributed by atoms with van der Waals surface area (Å²) in [5, 5.41) is 12.5. The first-order chi connectivity index (χ1) is 16.1. The van der Waals surface area contributed by atoms with Crippen LogP contribution in [0.15, 0.2) is 48.7 Å².